The van der Waals surface area contributed by atoms with Gasteiger partial charge in [0.1, 0.15) is 5.75 Å². The molecule has 0 atom stereocenters. The Hall–Kier alpha value is -2.25. The van der Waals surface area contributed by atoms with Crippen LogP contribution in [0.1, 0.15) is 25.3 Å². The minimum atomic E-state index is -3.80. The largest absolute Gasteiger partial charge is 0.480 e. The predicted octanol–water partition coefficient (Wildman–Crippen LogP) is 4.04. The Morgan fingerprint density at radius 3 is 2.44 bits per heavy atom. The minimum absolute atomic E-state index is 0.00650. The average molecular weight is 412 g/mol. The van der Waals surface area contributed by atoms with Crippen molar-refractivity contribution >= 4 is 33.3 Å². The summed E-state index contributed by atoms with van der Waals surface area (Å²) in [5.41, 5.74) is 1.63. The molecular formula is C19H22ClNO5S. The second-order valence-electron chi connectivity index (χ2n) is 5.86. The fourth-order valence-electron chi connectivity index (χ4n) is 2.30. The van der Waals surface area contributed by atoms with Crippen molar-refractivity contribution in [2.75, 3.05) is 18.4 Å². The summed E-state index contributed by atoms with van der Waals surface area (Å²) in [7, 11) is -2.56. The molecule has 6 nitrogen and oxygen atoms in total. The van der Waals surface area contributed by atoms with E-state index in [0.29, 0.717) is 5.69 Å². The summed E-state index contributed by atoms with van der Waals surface area (Å²) in [6.45, 7) is 1.81. The van der Waals surface area contributed by atoms with Gasteiger partial charge in [-0.25, -0.2) is 13.2 Å². The van der Waals surface area contributed by atoms with E-state index in [9.17, 15) is 13.2 Å². The highest BCUT2D eigenvalue weighted by atomic mass is 35.5. The number of esters is 1. The molecule has 2 rings (SSSR count). The van der Waals surface area contributed by atoms with Crippen molar-refractivity contribution in [3.8, 4) is 5.75 Å². The number of ether oxygens (including phenoxy) is 2. The van der Waals surface area contributed by atoms with Gasteiger partial charge in [-0.05, 0) is 48.7 Å². The predicted molar refractivity (Wildman–Crippen MR) is 105 cm³/mol. The second-order valence-corrected chi connectivity index (χ2v) is 7.95. The highest BCUT2D eigenvalue weighted by molar-refractivity contribution is 7.92. The smallest absolute Gasteiger partial charge is 0.343 e. The van der Waals surface area contributed by atoms with Crippen LogP contribution in [0, 0.1) is 0 Å². The van der Waals surface area contributed by atoms with Crippen LogP contribution in [0.4, 0.5) is 5.69 Å². The number of nitrogens with one attached hydrogen (secondary N) is 1. The highest BCUT2D eigenvalue weighted by Crippen LogP contribution is 2.28. The minimum Gasteiger partial charge on any atom is -0.480 e. The molecule has 2 aromatic carbocycles. The van der Waals surface area contributed by atoms with Gasteiger partial charge in [-0.15, -0.1) is 0 Å². The number of carbonyl (C=O) groups is 1. The molecule has 0 aliphatic heterocycles. The molecule has 0 amide bonds. The summed E-state index contributed by atoms with van der Waals surface area (Å²) in [4.78, 5) is 11.1. The molecular weight excluding hydrogens is 390 g/mol. The van der Waals surface area contributed by atoms with Crippen molar-refractivity contribution in [3.05, 3.63) is 53.1 Å². The lowest BCUT2D eigenvalue weighted by molar-refractivity contribution is -0.142. The number of sulfonamides is 1. The fraction of sp³-hybridized carbons (Fsp3) is 0.316. The van der Waals surface area contributed by atoms with E-state index in [1.165, 1.54) is 25.3 Å². The molecule has 0 aliphatic carbocycles. The van der Waals surface area contributed by atoms with Crippen LogP contribution in [0.2, 0.25) is 5.02 Å². The number of rotatable bonds is 9. The van der Waals surface area contributed by atoms with Gasteiger partial charge in [0, 0.05) is 5.69 Å². The zero-order chi connectivity index (χ0) is 19.9. The zero-order valence-electron chi connectivity index (χ0n) is 15.2. The van der Waals surface area contributed by atoms with Gasteiger partial charge in [-0.2, -0.15) is 0 Å². The first-order chi connectivity index (χ1) is 12.9. The molecule has 1 N–H and O–H groups in total. The molecule has 0 bridgehead atoms. The Balaban J connectivity index is 2.09. The van der Waals surface area contributed by atoms with Crippen molar-refractivity contribution in [2.45, 2.75) is 31.1 Å². The van der Waals surface area contributed by atoms with Crippen molar-refractivity contribution in [2.24, 2.45) is 0 Å². The van der Waals surface area contributed by atoms with E-state index in [4.69, 9.17) is 16.3 Å². The third-order valence-electron chi connectivity index (χ3n) is 3.81. The number of aryl methyl sites for hydroxylation is 1. The maximum atomic E-state index is 12.5. The number of unbranched alkanes of at least 4 members (excludes halogenated alkanes) is 1. The normalized spacial score (nSPS) is 11.1. The first kappa shape index (κ1) is 21.1. The van der Waals surface area contributed by atoms with Crippen LogP contribution in [0.5, 0.6) is 5.75 Å². The number of methoxy groups -OCH3 is 1. The van der Waals surface area contributed by atoms with E-state index >= 15 is 0 Å². The molecule has 0 aromatic heterocycles. The lowest BCUT2D eigenvalue weighted by Gasteiger charge is -2.11. The summed E-state index contributed by atoms with van der Waals surface area (Å²) in [6, 6.07) is 11.3. The number of hydrogen-bond donors (Lipinski definition) is 1. The Morgan fingerprint density at radius 2 is 1.85 bits per heavy atom. The van der Waals surface area contributed by atoms with Crippen LogP contribution in [-0.2, 0) is 26.0 Å². The molecule has 27 heavy (non-hydrogen) atoms. The SMILES string of the molecule is CCCCc1ccc(NS(=O)(=O)c2ccc(OCC(=O)OC)c(Cl)c2)cc1. The fourth-order valence-corrected chi connectivity index (χ4v) is 3.68. The second kappa shape index (κ2) is 9.62. The Bertz CT molecular complexity index is 881. The summed E-state index contributed by atoms with van der Waals surface area (Å²) >= 11 is 6.07. The van der Waals surface area contributed by atoms with E-state index in [2.05, 4.69) is 16.4 Å². The number of carbonyl (C=O) groups excluding carboxylic acids is 1. The molecule has 0 unspecified atom stereocenters. The Kier molecular flexibility index (Phi) is 7.50. The molecule has 0 heterocycles. The standard InChI is InChI=1S/C19H22ClNO5S/c1-3-4-5-14-6-8-15(9-7-14)21-27(23,24)16-10-11-18(17(20)12-16)26-13-19(22)25-2/h6-12,21H,3-5,13H2,1-2H3. The van der Waals surface area contributed by atoms with Gasteiger partial charge in [0.15, 0.2) is 6.61 Å². The van der Waals surface area contributed by atoms with Gasteiger partial charge < -0.3 is 9.47 Å². The molecule has 0 spiro atoms. The summed E-state index contributed by atoms with van der Waals surface area (Å²) in [5, 5.41) is 0.0803. The van der Waals surface area contributed by atoms with Gasteiger partial charge in [-0.3, -0.25) is 4.72 Å². The zero-order valence-corrected chi connectivity index (χ0v) is 16.8. The maximum absolute atomic E-state index is 12.5. The van der Waals surface area contributed by atoms with Crippen LogP contribution >= 0.6 is 11.6 Å². The Morgan fingerprint density at radius 1 is 1.15 bits per heavy atom. The molecule has 0 saturated heterocycles. The van der Waals surface area contributed by atoms with E-state index in [-0.39, 0.29) is 22.3 Å². The van der Waals surface area contributed by atoms with Gasteiger partial charge in [0.25, 0.3) is 10.0 Å². The van der Waals surface area contributed by atoms with Gasteiger partial charge in [0.2, 0.25) is 0 Å². The Labute approximate surface area is 164 Å². The van der Waals surface area contributed by atoms with Gasteiger partial charge in [-0.1, -0.05) is 37.1 Å². The lowest BCUT2D eigenvalue weighted by Crippen LogP contribution is -2.14. The van der Waals surface area contributed by atoms with E-state index < -0.39 is 16.0 Å². The van der Waals surface area contributed by atoms with Crippen LogP contribution in [0.25, 0.3) is 0 Å². The van der Waals surface area contributed by atoms with Crippen LogP contribution < -0.4 is 9.46 Å². The summed E-state index contributed by atoms with van der Waals surface area (Å²) in [6.07, 6.45) is 3.16. The highest BCUT2D eigenvalue weighted by Gasteiger charge is 2.17. The topological polar surface area (TPSA) is 81.7 Å². The molecule has 8 heteroatoms. The third kappa shape index (κ3) is 6.15. The third-order valence-corrected chi connectivity index (χ3v) is 5.49. The maximum Gasteiger partial charge on any atom is 0.343 e. The van der Waals surface area contributed by atoms with Crippen molar-refractivity contribution < 1.29 is 22.7 Å². The molecule has 0 fully saturated rings. The summed E-state index contributed by atoms with van der Waals surface area (Å²) < 4.78 is 37.3. The van der Waals surface area contributed by atoms with Crippen molar-refractivity contribution in [3.63, 3.8) is 0 Å². The molecule has 0 radical (unpaired) electrons. The number of anilines is 1. The van der Waals surface area contributed by atoms with Crippen LogP contribution in [-0.4, -0.2) is 28.1 Å². The monoisotopic (exact) mass is 411 g/mol. The number of halogens is 1. The molecule has 0 aliphatic rings. The van der Waals surface area contributed by atoms with E-state index in [1.807, 2.05) is 12.1 Å². The van der Waals surface area contributed by atoms with Gasteiger partial charge in [0.05, 0.1) is 17.0 Å². The van der Waals surface area contributed by atoms with Gasteiger partial charge >= 0.3 is 5.97 Å². The van der Waals surface area contributed by atoms with Crippen molar-refractivity contribution in [1.82, 2.24) is 0 Å². The average Bonchev–Trinajstić information content (AvgIpc) is 2.65. The quantitative estimate of drug-likeness (QED) is 0.630. The van der Waals surface area contributed by atoms with E-state index in [0.717, 1.165) is 24.8 Å². The lowest BCUT2D eigenvalue weighted by atomic mass is 10.1. The molecule has 146 valence electrons. The molecule has 2 aromatic rings. The number of benzene rings is 2. The first-order valence-electron chi connectivity index (χ1n) is 8.46. The molecule has 0 saturated carbocycles. The summed E-state index contributed by atoms with van der Waals surface area (Å²) in [5.74, 6) is -0.367. The van der Waals surface area contributed by atoms with Crippen molar-refractivity contribution in [1.29, 1.82) is 0 Å². The first-order valence-corrected chi connectivity index (χ1v) is 10.3. The number of hydrogen-bond acceptors (Lipinski definition) is 5. The van der Waals surface area contributed by atoms with E-state index in [1.54, 1.807) is 12.1 Å². The van der Waals surface area contributed by atoms with Crippen LogP contribution in [0.15, 0.2) is 47.4 Å². The van der Waals surface area contributed by atoms with Crippen LogP contribution in [0.3, 0.4) is 0 Å².